The van der Waals surface area contributed by atoms with E-state index in [9.17, 15) is 0 Å². The molecule has 0 aliphatic heterocycles. The Hall–Kier alpha value is -7.17. The van der Waals surface area contributed by atoms with Crippen LogP contribution in [0, 0.1) is 0 Å². The summed E-state index contributed by atoms with van der Waals surface area (Å²) in [5.41, 5.74) is 15.8. The monoisotopic (exact) mass is 676 g/mol. The highest BCUT2D eigenvalue weighted by molar-refractivity contribution is 6.19. The predicted molar refractivity (Wildman–Crippen MR) is 218 cm³/mol. The zero-order valence-electron chi connectivity index (χ0n) is 28.4. The highest BCUT2D eigenvalue weighted by Crippen LogP contribution is 2.42. The molecule has 5 heterocycles. The number of aromatic nitrogens is 2. The van der Waals surface area contributed by atoms with Crippen LogP contribution in [0.15, 0.2) is 179 Å². The van der Waals surface area contributed by atoms with Gasteiger partial charge in [-0.3, -0.25) is 4.40 Å². The van der Waals surface area contributed by atoms with Crippen LogP contribution in [-0.2, 0) is 0 Å². The van der Waals surface area contributed by atoms with Gasteiger partial charge in [0.15, 0.2) is 11.2 Å². The molecule has 0 saturated heterocycles. The molecule has 0 saturated carbocycles. The smallest absolute Gasteiger partial charge is 0.178 e. The lowest BCUT2D eigenvalue weighted by Gasteiger charge is -2.09. The van der Waals surface area contributed by atoms with E-state index in [2.05, 4.69) is 156 Å². The van der Waals surface area contributed by atoms with Gasteiger partial charge in [0.05, 0.1) is 16.7 Å². The van der Waals surface area contributed by atoms with Gasteiger partial charge in [-0.1, -0.05) is 109 Å². The van der Waals surface area contributed by atoms with E-state index < -0.39 is 0 Å². The number of imidazole rings is 1. The Morgan fingerprint density at radius 2 is 0.906 bits per heavy atom. The second-order valence-corrected chi connectivity index (χ2v) is 13.9. The summed E-state index contributed by atoms with van der Waals surface area (Å²) in [5.74, 6) is 0. The highest BCUT2D eigenvalue weighted by atomic mass is 16.4. The van der Waals surface area contributed by atoms with Crippen LogP contribution in [0.25, 0.3) is 116 Å². The number of hydrogen-bond acceptors (Lipinski definition) is 3. The summed E-state index contributed by atoms with van der Waals surface area (Å²) in [7, 11) is 0. The van der Waals surface area contributed by atoms with Crippen LogP contribution >= 0.6 is 0 Å². The average Bonchev–Trinajstić information content (AvgIpc) is 3.99. The van der Waals surface area contributed by atoms with E-state index in [0.717, 1.165) is 77.4 Å². The second-order valence-electron chi connectivity index (χ2n) is 13.9. The normalized spacial score (nSPS) is 12.2. The minimum atomic E-state index is 0.792. The molecule has 7 aromatic carbocycles. The van der Waals surface area contributed by atoms with Gasteiger partial charge in [-0.05, 0) is 94.0 Å². The van der Waals surface area contributed by atoms with Crippen molar-refractivity contribution in [1.29, 1.82) is 0 Å². The van der Waals surface area contributed by atoms with Crippen molar-refractivity contribution in [2.45, 2.75) is 0 Å². The Bertz CT molecular complexity index is 3400. The predicted octanol–water partition coefficient (Wildman–Crippen LogP) is 13.5. The van der Waals surface area contributed by atoms with E-state index in [1.54, 1.807) is 0 Å². The summed E-state index contributed by atoms with van der Waals surface area (Å²) in [6.07, 6.45) is 0. The molecule has 0 aliphatic carbocycles. The molecule has 0 N–H and O–H groups in total. The van der Waals surface area contributed by atoms with Crippen molar-refractivity contribution >= 4 is 71.3 Å². The maximum absolute atomic E-state index is 6.42. The van der Waals surface area contributed by atoms with E-state index in [4.69, 9.17) is 13.8 Å². The molecule has 0 fully saturated rings. The number of benzene rings is 7. The van der Waals surface area contributed by atoms with Crippen molar-refractivity contribution in [2.24, 2.45) is 0 Å². The van der Waals surface area contributed by atoms with Gasteiger partial charge in [0.25, 0.3) is 0 Å². The van der Waals surface area contributed by atoms with Gasteiger partial charge < -0.3 is 8.83 Å². The summed E-state index contributed by atoms with van der Waals surface area (Å²) in [5, 5.41) is 6.76. The van der Waals surface area contributed by atoms with Crippen molar-refractivity contribution in [3.63, 3.8) is 0 Å². The Morgan fingerprint density at radius 1 is 0.358 bits per heavy atom. The summed E-state index contributed by atoms with van der Waals surface area (Å²) in [6.45, 7) is 0. The molecule has 4 nitrogen and oxygen atoms in total. The van der Waals surface area contributed by atoms with E-state index in [1.807, 2.05) is 18.2 Å². The fourth-order valence-electron chi connectivity index (χ4n) is 8.45. The zero-order valence-corrected chi connectivity index (χ0v) is 28.4. The first-order valence-electron chi connectivity index (χ1n) is 17.9. The van der Waals surface area contributed by atoms with Gasteiger partial charge in [0.1, 0.15) is 16.8 Å². The van der Waals surface area contributed by atoms with Crippen LogP contribution in [-0.4, -0.2) is 9.38 Å². The molecule has 0 unspecified atom stereocenters. The number of furan rings is 2. The highest BCUT2D eigenvalue weighted by Gasteiger charge is 2.20. The van der Waals surface area contributed by atoms with Crippen molar-refractivity contribution in [3.8, 4) is 44.6 Å². The number of hydrogen-bond donors (Lipinski definition) is 0. The lowest BCUT2D eigenvalue weighted by molar-refractivity contribution is 0.633. The van der Waals surface area contributed by atoms with Crippen LogP contribution in [0.2, 0.25) is 0 Å². The molecule has 53 heavy (non-hydrogen) atoms. The maximum Gasteiger partial charge on any atom is 0.178 e. The topological polar surface area (TPSA) is 43.6 Å². The van der Waals surface area contributed by atoms with Gasteiger partial charge in [0.2, 0.25) is 0 Å². The lowest BCUT2D eigenvalue weighted by Crippen LogP contribution is -1.84. The largest absolute Gasteiger partial charge is 0.452 e. The maximum atomic E-state index is 6.42. The quantitative estimate of drug-likeness (QED) is 0.186. The number of nitrogens with zero attached hydrogens (tertiary/aromatic N) is 2. The van der Waals surface area contributed by atoms with Gasteiger partial charge >= 0.3 is 0 Å². The Morgan fingerprint density at radius 3 is 1.64 bits per heavy atom. The van der Waals surface area contributed by atoms with E-state index in [1.165, 1.54) is 38.5 Å². The molecule has 0 atom stereocenters. The Kier molecular flexibility index (Phi) is 5.74. The van der Waals surface area contributed by atoms with Crippen molar-refractivity contribution in [1.82, 2.24) is 9.38 Å². The Balaban J connectivity index is 0.945. The van der Waals surface area contributed by atoms with E-state index in [0.29, 0.717) is 0 Å². The van der Waals surface area contributed by atoms with Crippen molar-refractivity contribution in [3.05, 3.63) is 170 Å². The molecule has 0 amide bonds. The molecule has 0 radical (unpaired) electrons. The summed E-state index contributed by atoms with van der Waals surface area (Å²) >= 11 is 0. The average molecular weight is 677 g/mol. The number of rotatable bonds is 4. The molecular formula is C49H28N2O2. The third kappa shape index (κ3) is 4.15. The number of para-hydroxylation sites is 1. The molecule has 5 aromatic heterocycles. The first-order valence-corrected chi connectivity index (χ1v) is 17.9. The van der Waals surface area contributed by atoms with Crippen molar-refractivity contribution < 1.29 is 8.83 Å². The fraction of sp³-hybridized carbons (Fsp3) is 0. The second kappa shape index (κ2) is 10.7. The molecule has 12 rings (SSSR count). The first kappa shape index (κ1) is 28.5. The summed E-state index contributed by atoms with van der Waals surface area (Å²) in [6, 6.07) is 60.4. The van der Waals surface area contributed by atoms with Crippen LogP contribution in [0.3, 0.4) is 0 Å². The third-order valence-electron chi connectivity index (χ3n) is 10.9. The summed E-state index contributed by atoms with van der Waals surface area (Å²) < 4.78 is 15.0. The van der Waals surface area contributed by atoms with Crippen LogP contribution in [0.1, 0.15) is 0 Å². The zero-order chi connectivity index (χ0) is 34.6. The van der Waals surface area contributed by atoms with Gasteiger partial charge in [-0.15, -0.1) is 0 Å². The fourth-order valence-corrected chi connectivity index (χ4v) is 8.45. The SMILES string of the molecule is c1ccc(-c2nc3cccc4c5ccc(-c6cccc(-c7cccc(-c8ccc9oc%10c(ccc%11c%12ccccc%12oc%11%10)c9c8)c7)c6)cc5c2n34)cc1. The minimum absolute atomic E-state index is 0.792. The molecule has 0 aliphatic rings. The van der Waals surface area contributed by atoms with Crippen LogP contribution in [0.4, 0.5) is 0 Å². The number of pyridine rings is 1. The molecular weight excluding hydrogens is 649 g/mol. The standard InChI is InChI=1S/C49H28N2O2/c1-2-9-29(10-3-1)46-47-41-28-34(19-21-36(41)42-16-8-18-45(50-46)51(42)47)32-13-6-11-30(25-32)31-12-7-14-33(26-31)35-20-24-44-40(27-35)39-23-22-38-37-15-4-5-17-43(37)52-48(38)49(39)53-44/h1-28H. The molecule has 0 bridgehead atoms. The molecule has 4 heteroatoms. The number of fused-ring (bicyclic) bond motifs is 10. The molecule has 0 spiro atoms. The minimum Gasteiger partial charge on any atom is -0.452 e. The van der Waals surface area contributed by atoms with Gasteiger partial charge in [-0.2, -0.15) is 0 Å². The molecule has 246 valence electrons. The first-order chi connectivity index (χ1) is 26.2. The molecule has 12 aromatic rings. The third-order valence-corrected chi connectivity index (χ3v) is 10.9. The Labute approximate surface area is 303 Å². The summed E-state index contributed by atoms with van der Waals surface area (Å²) in [4.78, 5) is 5.09. The van der Waals surface area contributed by atoms with E-state index >= 15 is 0 Å². The van der Waals surface area contributed by atoms with Crippen LogP contribution in [0.5, 0.6) is 0 Å². The van der Waals surface area contributed by atoms with Gasteiger partial charge in [0, 0.05) is 37.9 Å². The van der Waals surface area contributed by atoms with Gasteiger partial charge in [-0.25, -0.2) is 4.98 Å². The lowest BCUT2D eigenvalue weighted by atomic mass is 9.95. The van der Waals surface area contributed by atoms with Crippen LogP contribution < -0.4 is 0 Å². The van der Waals surface area contributed by atoms with Crippen molar-refractivity contribution in [2.75, 3.05) is 0 Å². The van der Waals surface area contributed by atoms with E-state index in [-0.39, 0.29) is 0 Å².